The zero-order chi connectivity index (χ0) is 24.6. The predicted molar refractivity (Wildman–Crippen MR) is 140 cm³/mol. The number of benzene rings is 4. The lowest BCUT2D eigenvalue weighted by Gasteiger charge is -2.24. The van der Waals surface area contributed by atoms with E-state index in [1.165, 1.54) is 18.2 Å². The van der Waals surface area contributed by atoms with E-state index >= 15 is 0 Å². The molecule has 0 aliphatic rings. The molecular formula is C28H21ClN2O3S. The third kappa shape index (κ3) is 4.27. The molecule has 35 heavy (non-hydrogen) atoms. The normalized spacial score (nSPS) is 11.6. The molecule has 0 fully saturated rings. The van der Waals surface area contributed by atoms with Gasteiger partial charge in [-0.25, -0.2) is 17.7 Å². The lowest BCUT2D eigenvalue weighted by atomic mass is 9.99. The SMILES string of the molecule is Cc1ccc(S(=O)(=O)N(C(=O)Cc2c3ccccc3nc3ccccc23)c2ccccc2Cl)cc1. The molecule has 0 radical (unpaired) electrons. The number of fused-ring (bicyclic) bond motifs is 2. The number of hydrogen-bond acceptors (Lipinski definition) is 4. The van der Waals surface area contributed by atoms with Gasteiger partial charge in [-0.15, -0.1) is 0 Å². The van der Waals surface area contributed by atoms with Crippen LogP contribution < -0.4 is 4.31 Å². The highest BCUT2D eigenvalue weighted by molar-refractivity contribution is 7.93. The highest BCUT2D eigenvalue weighted by Gasteiger charge is 2.33. The Kier molecular flexibility index (Phi) is 6.01. The Balaban J connectivity index is 1.69. The Bertz CT molecular complexity index is 1630. The van der Waals surface area contributed by atoms with Gasteiger partial charge >= 0.3 is 0 Å². The predicted octanol–water partition coefficient (Wildman–Crippen LogP) is 6.31. The number of nitrogens with zero attached hydrogens (tertiary/aromatic N) is 2. The summed E-state index contributed by atoms with van der Waals surface area (Å²) in [6.07, 6.45) is -0.153. The summed E-state index contributed by atoms with van der Waals surface area (Å²) in [4.78, 5) is 18.6. The minimum Gasteiger partial charge on any atom is -0.273 e. The number of hydrogen-bond donors (Lipinski definition) is 0. The van der Waals surface area contributed by atoms with Crippen LogP contribution in [0, 0.1) is 6.92 Å². The third-order valence-corrected chi connectivity index (χ3v) is 7.95. The van der Waals surface area contributed by atoms with E-state index in [0.717, 1.165) is 31.7 Å². The van der Waals surface area contributed by atoms with Crippen LogP contribution in [0.3, 0.4) is 0 Å². The quantitative estimate of drug-likeness (QED) is 0.265. The van der Waals surface area contributed by atoms with Crippen LogP contribution in [0.1, 0.15) is 11.1 Å². The van der Waals surface area contributed by atoms with Crippen LogP contribution in [0.15, 0.2) is 102 Å². The van der Waals surface area contributed by atoms with Gasteiger partial charge in [-0.2, -0.15) is 0 Å². The van der Waals surface area contributed by atoms with Crippen LogP contribution in [-0.2, 0) is 21.2 Å². The molecule has 7 heteroatoms. The molecule has 0 saturated heterocycles. The van der Waals surface area contributed by atoms with Gasteiger partial charge in [0.05, 0.1) is 33.1 Å². The highest BCUT2D eigenvalue weighted by atomic mass is 35.5. The van der Waals surface area contributed by atoms with E-state index in [9.17, 15) is 13.2 Å². The summed E-state index contributed by atoms with van der Waals surface area (Å²) in [5.41, 5.74) is 3.21. The number of para-hydroxylation sites is 3. The van der Waals surface area contributed by atoms with E-state index in [1.54, 1.807) is 30.3 Å². The maximum Gasteiger partial charge on any atom is 0.270 e. The minimum atomic E-state index is -4.24. The fourth-order valence-corrected chi connectivity index (χ4v) is 5.88. The summed E-state index contributed by atoms with van der Waals surface area (Å²) < 4.78 is 28.4. The summed E-state index contributed by atoms with van der Waals surface area (Å²) in [5.74, 6) is -0.611. The second-order valence-electron chi connectivity index (χ2n) is 8.23. The van der Waals surface area contributed by atoms with Crippen LogP contribution in [0.2, 0.25) is 5.02 Å². The number of anilines is 1. The first-order chi connectivity index (χ1) is 16.9. The van der Waals surface area contributed by atoms with E-state index in [1.807, 2.05) is 55.5 Å². The molecule has 5 rings (SSSR count). The first-order valence-electron chi connectivity index (χ1n) is 11.0. The number of rotatable bonds is 5. The summed E-state index contributed by atoms with van der Waals surface area (Å²) in [6, 6.07) is 27.9. The van der Waals surface area contributed by atoms with E-state index in [4.69, 9.17) is 16.6 Å². The summed E-state index contributed by atoms with van der Waals surface area (Å²) in [6.45, 7) is 1.87. The molecule has 0 unspecified atom stereocenters. The molecule has 5 aromatic rings. The molecule has 174 valence electrons. The molecule has 0 saturated carbocycles. The van der Waals surface area contributed by atoms with Gasteiger partial charge in [0.25, 0.3) is 10.0 Å². The lowest BCUT2D eigenvalue weighted by Crippen LogP contribution is -2.38. The van der Waals surface area contributed by atoms with Crippen molar-refractivity contribution < 1.29 is 13.2 Å². The monoisotopic (exact) mass is 500 g/mol. The van der Waals surface area contributed by atoms with Crippen molar-refractivity contribution in [2.24, 2.45) is 0 Å². The molecule has 1 heterocycles. The minimum absolute atomic E-state index is 0.0146. The van der Waals surface area contributed by atoms with Crippen molar-refractivity contribution in [1.29, 1.82) is 0 Å². The van der Waals surface area contributed by atoms with Crippen molar-refractivity contribution in [3.63, 3.8) is 0 Å². The Morgan fingerprint density at radius 1 is 0.800 bits per heavy atom. The highest BCUT2D eigenvalue weighted by Crippen LogP contribution is 2.33. The van der Waals surface area contributed by atoms with Crippen LogP contribution >= 0.6 is 11.6 Å². The Morgan fingerprint density at radius 3 is 1.94 bits per heavy atom. The number of carbonyl (C=O) groups excluding carboxylic acids is 1. The van der Waals surface area contributed by atoms with Crippen molar-refractivity contribution in [2.45, 2.75) is 18.2 Å². The Hall–Kier alpha value is -3.74. The van der Waals surface area contributed by atoms with Gasteiger partial charge in [0.1, 0.15) is 0 Å². The van der Waals surface area contributed by atoms with Crippen LogP contribution in [-0.4, -0.2) is 19.3 Å². The van der Waals surface area contributed by atoms with Crippen molar-refractivity contribution in [3.05, 3.63) is 113 Å². The van der Waals surface area contributed by atoms with Crippen molar-refractivity contribution in [3.8, 4) is 0 Å². The van der Waals surface area contributed by atoms with Gasteiger partial charge in [-0.3, -0.25) is 4.79 Å². The van der Waals surface area contributed by atoms with Gasteiger partial charge in [0.15, 0.2) is 0 Å². The second-order valence-corrected chi connectivity index (χ2v) is 10.4. The van der Waals surface area contributed by atoms with E-state index in [-0.39, 0.29) is 22.0 Å². The molecule has 0 aliphatic heterocycles. The summed E-state index contributed by atoms with van der Waals surface area (Å²) >= 11 is 6.41. The third-order valence-electron chi connectivity index (χ3n) is 5.88. The molecule has 0 spiro atoms. The fourth-order valence-electron chi connectivity index (χ4n) is 4.17. The zero-order valence-electron chi connectivity index (χ0n) is 18.9. The average Bonchev–Trinajstić information content (AvgIpc) is 2.85. The van der Waals surface area contributed by atoms with Gasteiger partial charge < -0.3 is 0 Å². The van der Waals surface area contributed by atoms with Gasteiger partial charge in [-0.05, 0) is 48.9 Å². The van der Waals surface area contributed by atoms with Crippen molar-refractivity contribution in [2.75, 3.05) is 4.31 Å². The van der Waals surface area contributed by atoms with Crippen LogP contribution in [0.5, 0.6) is 0 Å². The standard InChI is InChI=1S/C28H21ClN2O3S/c1-19-14-16-20(17-15-19)35(33,34)31(27-13-7-4-10-24(27)29)28(32)18-23-21-8-2-5-11-25(21)30-26-12-6-3-9-22(23)26/h2-17H,18H2,1H3. The first kappa shape index (κ1) is 23.0. The van der Waals surface area contributed by atoms with E-state index in [0.29, 0.717) is 5.56 Å². The topological polar surface area (TPSA) is 67.3 Å². The van der Waals surface area contributed by atoms with E-state index < -0.39 is 15.9 Å². The van der Waals surface area contributed by atoms with Gasteiger partial charge in [0, 0.05) is 10.8 Å². The van der Waals surface area contributed by atoms with Gasteiger partial charge in [0.2, 0.25) is 5.91 Å². The Morgan fingerprint density at radius 2 is 1.34 bits per heavy atom. The molecular weight excluding hydrogens is 480 g/mol. The molecule has 0 atom stereocenters. The summed E-state index contributed by atoms with van der Waals surface area (Å²) in [7, 11) is -4.24. The smallest absolute Gasteiger partial charge is 0.270 e. The van der Waals surface area contributed by atoms with Crippen molar-refractivity contribution >= 4 is 55.0 Å². The largest absolute Gasteiger partial charge is 0.273 e. The van der Waals surface area contributed by atoms with Crippen LogP contribution in [0.4, 0.5) is 5.69 Å². The first-order valence-corrected chi connectivity index (χ1v) is 12.8. The lowest BCUT2D eigenvalue weighted by molar-refractivity contribution is -0.116. The second kappa shape index (κ2) is 9.13. The molecule has 5 nitrogen and oxygen atoms in total. The number of sulfonamides is 1. The molecule has 1 aromatic heterocycles. The maximum absolute atomic E-state index is 13.9. The number of amides is 1. The number of halogens is 1. The number of carbonyl (C=O) groups is 1. The molecule has 1 amide bonds. The molecule has 4 aromatic carbocycles. The number of pyridine rings is 1. The molecule has 0 bridgehead atoms. The maximum atomic E-state index is 13.9. The number of aryl methyl sites for hydroxylation is 1. The van der Waals surface area contributed by atoms with Crippen molar-refractivity contribution in [1.82, 2.24) is 4.98 Å². The fraction of sp³-hybridized carbons (Fsp3) is 0.0714. The number of aromatic nitrogens is 1. The molecule has 0 N–H and O–H groups in total. The van der Waals surface area contributed by atoms with E-state index in [2.05, 4.69) is 0 Å². The zero-order valence-corrected chi connectivity index (χ0v) is 20.4. The van der Waals surface area contributed by atoms with Crippen LogP contribution in [0.25, 0.3) is 21.8 Å². The van der Waals surface area contributed by atoms with Gasteiger partial charge in [-0.1, -0.05) is 77.8 Å². The Labute approximate surface area is 208 Å². The molecule has 0 aliphatic carbocycles. The summed E-state index contributed by atoms with van der Waals surface area (Å²) in [5, 5.41) is 1.76. The average molecular weight is 501 g/mol.